The van der Waals surface area contributed by atoms with E-state index in [2.05, 4.69) is 21.2 Å². The Morgan fingerprint density at radius 1 is 0.833 bits per heavy atom. The first kappa shape index (κ1) is 21.7. The van der Waals surface area contributed by atoms with Gasteiger partial charge in [0.25, 0.3) is 5.91 Å². The average molecular weight is 470 g/mol. The van der Waals surface area contributed by atoms with Gasteiger partial charge >= 0.3 is 0 Å². The maximum atomic E-state index is 12.5. The summed E-state index contributed by atoms with van der Waals surface area (Å²) in [5, 5.41) is 2.88. The molecule has 0 saturated heterocycles. The minimum Gasteiger partial charge on any atom is -0.492 e. The third kappa shape index (κ3) is 6.52. The number of carbonyl (C=O) groups is 1. The Kier molecular flexibility index (Phi) is 8.15. The molecule has 0 unspecified atom stereocenters. The van der Waals surface area contributed by atoms with Gasteiger partial charge < -0.3 is 19.5 Å². The number of rotatable bonds is 10. The van der Waals surface area contributed by atoms with Crippen molar-refractivity contribution in [2.75, 3.05) is 25.1 Å². The minimum atomic E-state index is -0.192. The molecule has 0 aliphatic rings. The molecule has 0 saturated carbocycles. The Morgan fingerprint density at radius 3 is 2.13 bits per heavy atom. The van der Waals surface area contributed by atoms with Gasteiger partial charge in [0.1, 0.15) is 30.5 Å². The number of anilines is 1. The van der Waals surface area contributed by atoms with Gasteiger partial charge in [-0.05, 0) is 76.9 Å². The highest BCUT2D eigenvalue weighted by atomic mass is 79.9. The fourth-order valence-corrected chi connectivity index (χ4v) is 3.14. The predicted octanol–water partition coefficient (Wildman–Crippen LogP) is 5.95. The summed E-state index contributed by atoms with van der Waals surface area (Å²) in [5.41, 5.74) is 1.24. The molecule has 6 heteroatoms. The van der Waals surface area contributed by atoms with Crippen LogP contribution in [0, 0.1) is 0 Å². The normalized spacial score (nSPS) is 10.3. The fraction of sp³-hybridized carbons (Fsp3) is 0.208. The summed E-state index contributed by atoms with van der Waals surface area (Å²) in [6, 6.07) is 22.1. The van der Waals surface area contributed by atoms with E-state index >= 15 is 0 Å². The summed E-state index contributed by atoms with van der Waals surface area (Å²) < 4.78 is 17.6. The molecule has 1 N–H and O–H groups in total. The number of para-hydroxylation sites is 1. The van der Waals surface area contributed by atoms with Crippen LogP contribution in [0.25, 0.3) is 0 Å². The van der Waals surface area contributed by atoms with Crippen molar-refractivity contribution in [2.45, 2.75) is 13.3 Å². The van der Waals surface area contributed by atoms with Crippen molar-refractivity contribution in [1.29, 1.82) is 0 Å². The Morgan fingerprint density at radius 2 is 1.50 bits per heavy atom. The van der Waals surface area contributed by atoms with Crippen LogP contribution < -0.4 is 19.5 Å². The maximum absolute atomic E-state index is 12.5. The third-order valence-electron chi connectivity index (χ3n) is 4.13. The van der Waals surface area contributed by atoms with Crippen molar-refractivity contribution in [3.05, 3.63) is 82.8 Å². The van der Waals surface area contributed by atoms with Crippen molar-refractivity contribution in [3.8, 4) is 17.2 Å². The molecular weight excluding hydrogens is 446 g/mol. The van der Waals surface area contributed by atoms with Crippen molar-refractivity contribution < 1.29 is 19.0 Å². The SMILES string of the molecule is CCCOc1ccc(C(=O)Nc2ccc(OCCOc3ccccc3)cc2)cc1Br. The lowest BCUT2D eigenvalue weighted by atomic mass is 10.2. The number of benzene rings is 3. The largest absolute Gasteiger partial charge is 0.492 e. The van der Waals surface area contributed by atoms with Crippen LogP contribution >= 0.6 is 15.9 Å². The van der Waals surface area contributed by atoms with Gasteiger partial charge in [-0.2, -0.15) is 0 Å². The number of hydrogen-bond donors (Lipinski definition) is 1. The van der Waals surface area contributed by atoms with Crippen LogP contribution in [0.5, 0.6) is 17.2 Å². The second kappa shape index (κ2) is 11.3. The van der Waals surface area contributed by atoms with E-state index in [0.29, 0.717) is 36.8 Å². The molecule has 3 aromatic carbocycles. The summed E-state index contributed by atoms with van der Waals surface area (Å²) >= 11 is 3.45. The molecule has 3 rings (SSSR count). The second-order valence-electron chi connectivity index (χ2n) is 6.48. The van der Waals surface area contributed by atoms with Crippen LogP contribution in [-0.2, 0) is 0 Å². The summed E-state index contributed by atoms with van der Waals surface area (Å²) in [7, 11) is 0. The minimum absolute atomic E-state index is 0.192. The Labute approximate surface area is 185 Å². The molecule has 156 valence electrons. The number of ether oxygens (including phenoxy) is 3. The zero-order valence-electron chi connectivity index (χ0n) is 16.8. The number of hydrogen-bond acceptors (Lipinski definition) is 4. The second-order valence-corrected chi connectivity index (χ2v) is 7.34. The molecule has 5 nitrogen and oxygen atoms in total. The summed E-state index contributed by atoms with van der Waals surface area (Å²) in [5.74, 6) is 2.06. The van der Waals surface area contributed by atoms with Crippen molar-refractivity contribution in [1.82, 2.24) is 0 Å². The lowest BCUT2D eigenvalue weighted by molar-refractivity contribution is 0.102. The molecule has 3 aromatic rings. The lowest BCUT2D eigenvalue weighted by Gasteiger charge is -2.11. The van der Waals surface area contributed by atoms with Gasteiger partial charge in [0, 0.05) is 11.3 Å². The molecule has 0 atom stereocenters. The molecule has 0 aliphatic heterocycles. The standard InChI is InChI=1S/C24H24BrNO4/c1-2-14-30-23-13-8-18(17-22(23)25)24(27)26-19-9-11-21(12-10-19)29-16-15-28-20-6-4-3-5-7-20/h3-13,17H,2,14-16H2,1H3,(H,26,27). The van der Waals surface area contributed by atoms with Crippen LogP contribution in [0.2, 0.25) is 0 Å². The van der Waals surface area contributed by atoms with Gasteiger partial charge in [0.2, 0.25) is 0 Å². The van der Waals surface area contributed by atoms with E-state index in [1.807, 2.05) is 49.4 Å². The lowest BCUT2D eigenvalue weighted by Crippen LogP contribution is -2.12. The smallest absolute Gasteiger partial charge is 0.255 e. The van der Waals surface area contributed by atoms with Gasteiger partial charge in [0.05, 0.1) is 11.1 Å². The van der Waals surface area contributed by atoms with E-state index in [9.17, 15) is 4.79 Å². The highest BCUT2D eigenvalue weighted by Crippen LogP contribution is 2.26. The third-order valence-corrected chi connectivity index (χ3v) is 4.75. The molecule has 0 heterocycles. The van der Waals surface area contributed by atoms with Gasteiger partial charge in [-0.25, -0.2) is 0 Å². The molecule has 0 fully saturated rings. The Balaban J connectivity index is 1.47. The van der Waals surface area contributed by atoms with Crippen LogP contribution in [0.3, 0.4) is 0 Å². The van der Waals surface area contributed by atoms with E-state index in [4.69, 9.17) is 14.2 Å². The molecule has 1 amide bonds. The first-order valence-corrected chi connectivity index (χ1v) is 10.6. The molecule has 30 heavy (non-hydrogen) atoms. The van der Waals surface area contributed by atoms with Gasteiger partial charge in [-0.3, -0.25) is 4.79 Å². The Hall–Kier alpha value is -2.99. The zero-order chi connectivity index (χ0) is 21.2. The fourth-order valence-electron chi connectivity index (χ4n) is 2.64. The zero-order valence-corrected chi connectivity index (χ0v) is 18.4. The van der Waals surface area contributed by atoms with Crippen molar-refractivity contribution in [3.63, 3.8) is 0 Å². The average Bonchev–Trinajstić information content (AvgIpc) is 2.77. The van der Waals surface area contributed by atoms with E-state index in [1.54, 1.807) is 30.3 Å². The quantitative estimate of drug-likeness (QED) is 0.372. The van der Waals surface area contributed by atoms with Gasteiger partial charge in [0.15, 0.2) is 0 Å². The van der Waals surface area contributed by atoms with Crippen molar-refractivity contribution >= 4 is 27.5 Å². The monoisotopic (exact) mass is 469 g/mol. The molecule has 0 bridgehead atoms. The van der Waals surface area contributed by atoms with Crippen molar-refractivity contribution in [2.24, 2.45) is 0 Å². The molecule has 0 radical (unpaired) electrons. The number of halogens is 1. The predicted molar refractivity (Wildman–Crippen MR) is 122 cm³/mol. The number of carbonyl (C=O) groups excluding carboxylic acids is 1. The molecule has 0 aliphatic carbocycles. The van der Waals surface area contributed by atoms with E-state index < -0.39 is 0 Å². The first-order valence-electron chi connectivity index (χ1n) is 9.80. The topological polar surface area (TPSA) is 56.8 Å². The molecule has 0 aromatic heterocycles. The highest BCUT2D eigenvalue weighted by Gasteiger charge is 2.10. The van der Waals surface area contributed by atoms with E-state index in [0.717, 1.165) is 22.4 Å². The van der Waals surface area contributed by atoms with E-state index in [-0.39, 0.29) is 5.91 Å². The maximum Gasteiger partial charge on any atom is 0.255 e. The number of amides is 1. The Bertz CT molecular complexity index is 945. The summed E-state index contributed by atoms with van der Waals surface area (Å²) in [6.45, 7) is 3.57. The van der Waals surface area contributed by atoms with Crippen LogP contribution in [0.4, 0.5) is 5.69 Å². The molecule has 0 spiro atoms. The van der Waals surface area contributed by atoms with Gasteiger partial charge in [-0.15, -0.1) is 0 Å². The highest BCUT2D eigenvalue weighted by molar-refractivity contribution is 9.10. The first-order chi connectivity index (χ1) is 14.7. The summed E-state index contributed by atoms with van der Waals surface area (Å²) in [6.07, 6.45) is 0.925. The molecular formula is C24H24BrNO4. The van der Waals surface area contributed by atoms with Crippen LogP contribution in [0.1, 0.15) is 23.7 Å². The summed E-state index contributed by atoms with van der Waals surface area (Å²) in [4.78, 5) is 12.5. The number of nitrogens with one attached hydrogen (secondary N) is 1. The van der Waals surface area contributed by atoms with E-state index in [1.165, 1.54) is 0 Å². The van der Waals surface area contributed by atoms with Gasteiger partial charge in [-0.1, -0.05) is 25.1 Å². The van der Waals surface area contributed by atoms with Crippen LogP contribution in [-0.4, -0.2) is 25.7 Å². The van der Waals surface area contributed by atoms with Crippen LogP contribution in [0.15, 0.2) is 77.3 Å².